The predicted molar refractivity (Wildman–Crippen MR) is 122 cm³/mol. The number of para-hydroxylation sites is 1. The molecule has 0 saturated carbocycles. The molecule has 3 aromatic rings. The summed E-state index contributed by atoms with van der Waals surface area (Å²) >= 11 is 4.13. The molecule has 0 N–H and O–H groups in total. The Kier molecular flexibility index (Phi) is 6.39. The van der Waals surface area contributed by atoms with Crippen LogP contribution in [-0.2, 0) is 17.9 Å². The Balaban J connectivity index is 1.57. The first kappa shape index (κ1) is 21.2. The summed E-state index contributed by atoms with van der Waals surface area (Å²) in [6, 6.07) is 27.0. The van der Waals surface area contributed by atoms with Gasteiger partial charge in [-0.15, -0.1) is 0 Å². The van der Waals surface area contributed by atoms with E-state index in [-0.39, 0.29) is 10.5 Å². The average Bonchev–Trinajstić information content (AvgIpc) is 3.15. The molecule has 5 nitrogen and oxygen atoms in total. The molecule has 0 spiro atoms. The number of ether oxygens (including phenoxy) is 1. The number of amides is 2. The molecule has 1 saturated heterocycles. The monoisotopic (exact) mass is 433 g/mol. The standard InChI is InChI=1S/C25H24N2O3S/c28-24-12-7-17-27(24,26(25(29)31)18-20-8-3-1-4-9-20)19-21-13-15-23(16-14-21)30-22-10-5-2-6-11-22/h1-6,8-11,13-16H,7,12,17-19H2/p+1. The molecule has 1 heterocycles. The van der Waals surface area contributed by atoms with Crippen LogP contribution in [0, 0.1) is 0 Å². The lowest BCUT2D eigenvalue weighted by Crippen LogP contribution is -2.61. The van der Waals surface area contributed by atoms with E-state index < -0.39 is 5.24 Å². The molecular formula is C25H25N2O3S+. The lowest BCUT2D eigenvalue weighted by Gasteiger charge is -2.39. The second-order valence-corrected chi connectivity index (χ2v) is 8.07. The zero-order valence-electron chi connectivity index (χ0n) is 17.2. The highest BCUT2D eigenvalue weighted by atomic mass is 32.1. The normalized spacial score (nSPS) is 18.0. The second kappa shape index (κ2) is 9.37. The van der Waals surface area contributed by atoms with Crippen LogP contribution >= 0.6 is 12.6 Å². The largest absolute Gasteiger partial charge is 0.457 e. The molecule has 158 valence electrons. The third kappa shape index (κ3) is 4.81. The van der Waals surface area contributed by atoms with Crippen molar-refractivity contribution in [2.75, 3.05) is 6.54 Å². The summed E-state index contributed by atoms with van der Waals surface area (Å²) in [5.74, 6) is 1.53. The van der Waals surface area contributed by atoms with Gasteiger partial charge < -0.3 is 4.74 Å². The minimum atomic E-state index is -0.400. The number of benzene rings is 3. The summed E-state index contributed by atoms with van der Waals surface area (Å²) in [6.07, 6.45) is 1.21. The number of hydrogen-bond acceptors (Lipinski definition) is 3. The maximum Gasteiger partial charge on any atom is 0.338 e. The quantitative estimate of drug-likeness (QED) is 0.391. The minimum Gasteiger partial charge on any atom is -0.457 e. The van der Waals surface area contributed by atoms with Gasteiger partial charge in [-0.25, -0.2) is 4.79 Å². The lowest BCUT2D eigenvalue weighted by molar-refractivity contribution is -0.962. The van der Waals surface area contributed by atoms with E-state index in [1.807, 2.05) is 84.9 Å². The summed E-state index contributed by atoms with van der Waals surface area (Å²) in [7, 11) is 0. The molecular weight excluding hydrogens is 408 g/mol. The highest BCUT2D eigenvalue weighted by Gasteiger charge is 2.49. The second-order valence-electron chi connectivity index (χ2n) is 7.69. The number of carbonyl (C=O) groups excluding carboxylic acids is 2. The highest BCUT2D eigenvalue weighted by Crippen LogP contribution is 2.31. The average molecular weight is 434 g/mol. The maximum absolute atomic E-state index is 13.1. The van der Waals surface area contributed by atoms with Crippen LogP contribution in [0.15, 0.2) is 84.9 Å². The Hall–Kier alpha value is -3.09. The Labute approximate surface area is 187 Å². The smallest absolute Gasteiger partial charge is 0.338 e. The van der Waals surface area contributed by atoms with Crippen LogP contribution in [0.4, 0.5) is 4.79 Å². The molecule has 0 aliphatic carbocycles. The molecule has 1 unspecified atom stereocenters. The third-order valence-corrected chi connectivity index (χ3v) is 5.82. The molecule has 2 amide bonds. The van der Waals surface area contributed by atoms with Crippen LogP contribution in [0.3, 0.4) is 0 Å². The van der Waals surface area contributed by atoms with E-state index in [9.17, 15) is 9.59 Å². The zero-order chi connectivity index (χ0) is 21.7. The highest BCUT2D eigenvalue weighted by molar-refractivity contribution is 7.96. The number of nitrogens with zero attached hydrogens (tertiary/aromatic N) is 2. The van der Waals surface area contributed by atoms with Crippen molar-refractivity contribution in [3.8, 4) is 11.5 Å². The van der Waals surface area contributed by atoms with Crippen molar-refractivity contribution in [2.45, 2.75) is 25.9 Å². The Morgan fingerprint density at radius 2 is 1.48 bits per heavy atom. The third-order valence-electron chi connectivity index (χ3n) is 5.59. The molecule has 1 aliphatic rings. The first-order valence-electron chi connectivity index (χ1n) is 10.3. The Morgan fingerprint density at radius 3 is 2.06 bits per heavy atom. The van der Waals surface area contributed by atoms with E-state index in [1.165, 1.54) is 0 Å². The van der Waals surface area contributed by atoms with Crippen LogP contribution in [0.5, 0.6) is 11.5 Å². The van der Waals surface area contributed by atoms with Crippen molar-refractivity contribution < 1.29 is 18.9 Å². The Morgan fingerprint density at radius 1 is 0.871 bits per heavy atom. The minimum absolute atomic E-state index is 0.0316. The van der Waals surface area contributed by atoms with Gasteiger partial charge in [0.1, 0.15) is 24.6 Å². The van der Waals surface area contributed by atoms with Gasteiger partial charge in [-0.3, -0.25) is 4.79 Å². The topological polar surface area (TPSA) is 46.6 Å². The fourth-order valence-corrected chi connectivity index (χ4v) is 4.29. The molecule has 1 atom stereocenters. The van der Waals surface area contributed by atoms with E-state index in [1.54, 1.807) is 5.01 Å². The Bertz CT molecular complexity index is 1040. The first-order valence-corrected chi connectivity index (χ1v) is 10.8. The van der Waals surface area contributed by atoms with Gasteiger partial charge in [-0.2, -0.15) is 9.60 Å². The van der Waals surface area contributed by atoms with Gasteiger partial charge in [-0.1, -0.05) is 61.2 Å². The van der Waals surface area contributed by atoms with Gasteiger partial charge in [0.15, 0.2) is 0 Å². The van der Waals surface area contributed by atoms with Crippen LogP contribution in [0.25, 0.3) is 0 Å². The summed E-state index contributed by atoms with van der Waals surface area (Å²) in [4.78, 5) is 25.6. The van der Waals surface area contributed by atoms with Crippen LogP contribution in [0.2, 0.25) is 0 Å². The van der Waals surface area contributed by atoms with Crippen molar-refractivity contribution >= 4 is 23.8 Å². The van der Waals surface area contributed by atoms with Crippen molar-refractivity contribution in [3.05, 3.63) is 96.1 Å². The summed E-state index contributed by atoms with van der Waals surface area (Å²) < 4.78 is 5.83. The summed E-state index contributed by atoms with van der Waals surface area (Å²) in [5.41, 5.74) is 1.93. The van der Waals surface area contributed by atoms with Crippen LogP contribution in [0.1, 0.15) is 24.0 Å². The molecule has 1 aliphatic heterocycles. The number of carbonyl (C=O) groups is 2. The van der Waals surface area contributed by atoms with Crippen LogP contribution in [-0.4, -0.2) is 27.3 Å². The van der Waals surface area contributed by atoms with Gasteiger partial charge in [-0.05, 0) is 42.0 Å². The van der Waals surface area contributed by atoms with E-state index in [2.05, 4.69) is 12.6 Å². The predicted octanol–water partition coefficient (Wildman–Crippen LogP) is 5.58. The zero-order valence-corrected chi connectivity index (χ0v) is 18.1. The SMILES string of the molecule is O=C(S)N(Cc1ccccc1)[N+]1(Cc2ccc(Oc3ccccc3)cc2)CCCC1=O. The first-order chi connectivity index (χ1) is 15.1. The molecule has 31 heavy (non-hydrogen) atoms. The van der Waals surface area contributed by atoms with Gasteiger partial charge in [0.2, 0.25) is 0 Å². The summed E-state index contributed by atoms with van der Waals surface area (Å²) in [5, 5.41) is 1.19. The molecule has 6 heteroatoms. The number of likely N-dealkylation sites (tertiary alicyclic amines) is 1. The van der Waals surface area contributed by atoms with Gasteiger partial charge in [0, 0.05) is 12.0 Å². The van der Waals surface area contributed by atoms with E-state index in [4.69, 9.17) is 4.74 Å². The van der Waals surface area contributed by atoms with Gasteiger partial charge in [0.05, 0.1) is 13.0 Å². The molecule has 1 fully saturated rings. The maximum atomic E-state index is 13.1. The van der Waals surface area contributed by atoms with Gasteiger partial charge in [0.25, 0.3) is 0 Å². The fraction of sp³-hybridized carbons (Fsp3) is 0.200. The molecule has 0 aromatic heterocycles. The van der Waals surface area contributed by atoms with E-state index in [0.29, 0.717) is 26.1 Å². The van der Waals surface area contributed by atoms with Gasteiger partial charge >= 0.3 is 11.1 Å². The number of hydrogen-bond donors (Lipinski definition) is 1. The molecule has 4 rings (SSSR count). The molecule has 3 aromatic carbocycles. The van der Waals surface area contributed by atoms with E-state index >= 15 is 0 Å². The lowest BCUT2D eigenvalue weighted by atomic mass is 10.2. The van der Waals surface area contributed by atoms with Crippen molar-refractivity contribution in [3.63, 3.8) is 0 Å². The van der Waals surface area contributed by atoms with Crippen molar-refractivity contribution in [2.24, 2.45) is 0 Å². The van der Waals surface area contributed by atoms with Crippen molar-refractivity contribution in [1.29, 1.82) is 0 Å². The molecule has 0 radical (unpaired) electrons. The summed E-state index contributed by atoms with van der Waals surface area (Å²) in [6.45, 7) is 1.33. The van der Waals surface area contributed by atoms with Crippen LogP contribution < -0.4 is 4.74 Å². The molecule has 0 bridgehead atoms. The van der Waals surface area contributed by atoms with E-state index in [0.717, 1.165) is 29.0 Å². The number of quaternary nitrogens is 1. The fourth-order valence-electron chi connectivity index (χ4n) is 4.05. The number of thiol groups is 1. The van der Waals surface area contributed by atoms with Crippen molar-refractivity contribution in [1.82, 2.24) is 5.01 Å². The number of rotatable bonds is 7.